The number of aromatic nitrogens is 1. The van der Waals surface area contributed by atoms with Crippen molar-refractivity contribution in [3.05, 3.63) is 17.5 Å². The molecule has 2 aliphatic rings. The molecule has 0 radical (unpaired) electrons. The molecular weight excluding hydrogens is 264 g/mol. The van der Waals surface area contributed by atoms with Crippen LogP contribution in [0.3, 0.4) is 0 Å². The smallest absolute Gasteiger partial charge is 0.150 e. The van der Waals surface area contributed by atoms with Gasteiger partial charge in [-0.15, -0.1) is 0 Å². The van der Waals surface area contributed by atoms with E-state index in [1.165, 1.54) is 57.1 Å². The lowest BCUT2D eigenvalue weighted by Gasteiger charge is -2.26. The zero-order chi connectivity index (χ0) is 14.5. The summed E-state index contributed by atoms with van der Waals surface area (Å²) in [7, 11) is 2.14. The average Bonchev–Trinajstić information content (AvgIpc) is 2.97. The number of rotatable bonds is 5. The third kappa shape index (κ3) is 4.30. The molecule has 1 atom stereocenters. The van der Waals surface area contributed by atoms with Crippen molar-refractivity contribution < 1.29 is 9.26 Å². The minimum absolute atomic E-state index is 0.393. The molecule has 118 valence electrons. The fraction of sp³-hybridized carbons (Fsp3) is 0.824. The molecule has 2 heterocycles. The summed E-state index contributed by atoms with van der Waals surface area (Å²) in [6.45, 7) is 2.74. The molecule has 0 bridgehead atoms. The van der Waals surface area contributed by atoms with Crippen molar-refractivity contribution in [3.63, 3.8) is 0 Å². The Bertz CT molecular complexity index is 420. The minimum Gasteiger partial charge on any atom is -0.377 e. The van der Waals surface area contributed by atoms with Crippen LogP contribution in [0.1, 0.15) is 68.7 Å². The molecule has 1 aromatic heterocycles. The van der Waals surface area contributed by atoms with E-state index in [2.05, 4.69) is 23.2 Å². The summed E-state index contributed by atoms with van der Waals surface area (Å²) in [6.07, 6.45) is 10.7. The van der Waals surface area contributed by atoms with Crippen LogP contribution in [0.5, 0.6) is 0 Å². The molecule has 2 fully saturated rings. The van der Waals surface area contributed by atoms with Gasteiger partial charge in [-0.25, -0.2) is 0 Å². The molecule has 0 N–H and O–H groups in total. The van der Waals surface area contributed by atoms with Crippen molar-refractivity contribution >= 4 is 0 Å². The summed E-state index contributed by atoms with van der Waals surface area (Å²) in [5, 5.41) is 4.31. The van der Waals surface area contributed by atoms with Crippen LogP contribution in [0.15, 0.2) is 10.6 Å². The fourth-order valence-corrected chi connectivity index (χ4v) is 3.62. The average molecular weight is 292 g/mol. The molecule has 1 aliphatic heterocycles. The molecule has 4 nitrogen and oxygen atoms in total. The van der Waals surface area contributed by atoms with Crippen molar-refractivity contribution in [2.75, 3.05) is 20.2 Å². The highest BCUT2D eigenvalue weighted by atomic mass is 16.5. The van der Waals surface area contributed by atoms with Crippen LogP contribution in [-0.2, 0) is 11.3 Å². The highest BCUT2D eigenvalue weighted by Crippen LogP contribution is 2.32. The second kappa shape index (κ2) is 7.41. The molecule has 21 heavy (non-hydrogen) atoms. The molecule has 4 heteroatoms. The number of nitrogens with zero attached hydrogens (tertiary/aromatic N) is 2. The van der Waals surface area contributed by atoms with Gasteiger partial charge in [0.2, 0.25) is 0 Å². The van der Waals surface area contributed by atoms with Crippen LogP contribution < -0.4 is 0 Å². The summed E-state index contributed by atoms with van der Waals surface area (Å²) in [5.41, 5.74) is 1.17. The molecule has 0 spiro atoms. The van der Waals surface area contributed by atoms with Crippen LogP contribution in [0.2, 0.25) is 0 Å². The first kappa shape index (κ1) is 15.0. The number of hydrogen-bond acceptors (Lipinski definition) is 4. The van der Waals surface area contributed by atoms with Gasteiger partial charge in [0.05, 0.1) is 18.3 Å². The van der Waals surface area contributed by atoms with Gasteiger partial charge in [-0.3, -0.25) is 4.90 Å². The fourth-order valence-electron chi connectivity index (χ4n) is 3.62. The Balaban J connectivity index is 1.49. The Labute approximate surface area is 127 Å². The predicted octanol–water partition coefficient (Wildman–Crippen LogP) is 3.72. The molecule has 0 aromatic carbocycles. The summed E-state index contributed by atoms with van der Waals surface area (Å²) in [6, 6.07) is 2.17. The van der Waals surface area contributed by atoms with Crippen LogP contribution in [-0.4, -0.2) is 36.4 Å². The van der Waals surface area contributed by atoms with E-state index >= 15 is 0 Å². The van der Waals surface area contributed by atoms with Gasteiger partial charge in [-0.2, -0.15) is 0 Å². The minimum atomic E-state index is 0.393. The Morgan fingerprint density at radius 2 is 1.95 bits per heavy atom. The SMILES string of the molecule is CN(Cc1cc(C2CCCCC2)no1)C[C@H]1CCCCO1. The van der Waals surface area contributed by atoms with Gasteiger partial charge < -0.3 is 9.26 Å². The zero-order valence-electron chi connectivity index (χ0n) is 13.2. The summed E-state index contributed by atoms with van der Waals surface area (Å²) in [5.74, 6) is 1.62. The first-order valence-electron chi connectivity index (χ1n) is 8.57. The largest absolute Gasteiger partial charge is 0.377 e. The maximum atomic E-state index is 5.80. The second-order valence-electron chi connectivity index (χ2n) is 6.74. The van der Waals surface area contributed by atoms with Crippen molar-refractivity contribution in [2.24, 2.45) is 0 Å². The Hall–Kier alpha value is -0.870. The van der Waals surface area contributed by atoms with Gasteiger partial charge in [-0.1, -0.05) is 24.4 Å². The van der Waals surface area contributed by atoms with E-state index in [-0.39, 0.29) is 0 Å². The Morgan fingerprint density at radius 1 is 1.14 bits per heavy atom. The molecule has 3 rings (SSSR count). The summed E-state index contributed by atoms with van der Waals surface area (Å²) in [4.78, 5) is 2.29. The van der Waals surface area contributed by atoms with Crippen molar-refractivity contribution in [2.45, 2.75) is 69.9 Å². The van der Waals surface area contributed by atoms with Crippen LogP contribution in [0.25, 0.3) is 0 Å². The Morgan fingerprint density at radius 3 is 2.71 bits per heavy atom. The maximum Gasteiger partial charge on any atom is 0.150 e. The van der Waals surface area contributed by atoms with E-state index in [4.69, 9.17) is 9.26 Å². The quantitative estimate of drug-likeness (QED) is 0.829. The third-order valence-corrected chi connectivity index (χ3v) is 4.82. The number of likely N-dealkylation sites (N-methyl/N-ethyl adjacent to an activating group) is 1. The molecule has 0 unspecified atom stereocenters. The monoisotopic (exact) mass is 292 g/mol. The molecular formula is C17H28N2O2. The topological polar surface area (TPSA) is 38.5 Å². The normalized spacial score (nSPS) is 24.6. The standard InChI is InChI=1S/C17H28N2O2/c1-19(12-15-9-5-6-10-20-15)13-16-11-17(18-21-16)14-7-3-2-4-8-14/h11,14-15H,2-10,12-13H2,1H3/t15-/m1/s1. The van der Waals surface area contributed by atoms with Crippen LogP contribution >= 0.6 is 0 Å². The van der Waals surface area contributed by atoms with E-state index in [0.29, 0.717) is 12.0 Å². The van der Waals surface area contributed by atoms with E-state index in [0.717, 1.165) is 25.5 Å². The van der Waals surface area contributed by atoms with Gasteiger partial charge in [0.25, 0.3) is 0 Å². The van der Waals surface area contributed by atoms with Gasteiger partial charge in [0.15, 0.2) is 5.76 Å². The highest BCUT2D eigenvalue weighted by Gasteiger charge is 2.21. The van der Waals surface area contributed by atoms with E-state index in [9.17, 15) is 0 Å². The van der Waals surface area contributed by atoms with Crippen LogP contribution in [0, 0.1) is 0 Å². The molecule has 1 saturated carbocycles. The van der Waals surface area contributed by atoms with Gasteiger partial charge in [0.1, 0.15) is 0 Å². The first-order valence-corrected chi connectivity index (χ1v) is 8.57. The molecule has 0 amide bonds. The van der Waals surface area contributed by atoms with Gasteiger partial charge in [-0.05, 0) is 39.2 Å². The second-order valence-corrected chi connectivity index (χ2v) is 6.74. The highest BCUT2D eigenvalue weighted by molar-refractivity contribution is 5.11. The van der Waals surface area contributed by atoms with Crippen molar-refractivity contribution in [1.82, 2.24) is 10.1 Å². The predicted molar refractivity (Wildman–Crippen MR) is 82.3 cm³/mol. The maximum absolute atomic E-state index is 5.80. The number of hydrogen-bond donors (Lipinski definition) is 0. The Kier molecular flexibility index (Phi) is 5.31. The van der Waals surface area contributed by atoms with Crippen LogP contribution in [0.4, 0.5) is 0 Å². The molecule has 1 saturated heterocycles. The third-order valence-electron chi connectivity index (χ3n) is 4.82. The van der Waals surface area contributed by atoms with Crippen molar-refractivity contribution in [1.29, 1.82) is 0 Å². The van der Waals surface area contributed by atoms with Gasteiger partial charge in [0, 0.05) is 25.1 Å². The van der Waals surface area contributed by atoms with Gasteiger partial charge >= 0.3 is 0 Å². The summed E-state index contributed by atoms with van der Waals surface area (Å²) < 4.78 is 11.3. The zero-order valence-corrected chi connectivity index (χ0v) is 13.2. The first-order chi connectivity index (χ1) is 10.3. The van der Waals surface area contributed by atoms with E-state index < -0.39 is 0 Å². The van der Waals surface area contributed by atoms with E-state index in [1.807, 2.05) is 0 Å². The molecule has 1 aliphatic carbocycles. The summed E-state index contributed by atoms with van der Waals surface area (Å²) >= 11 is 0. The lowest BCUT2D eigenvalue weighted by Crippen LogP contribution is -2.32. The lowest BCUT2D eigenvalue weighted by molar-refractivity contribution is -0.00360. The number of ether oxygens (including phenoxy) is 1. The molecule has 1 aromatic rings. The van der Waals surface area contributed by atoms with Crippen molar-refractivity contribution in [3.8, 4) is 0 Å². The van der Waals surface area contributed by atoms with E-state index in [1.54, 1.807) is 0 Å². The lowest BCUT2D eigenvalue weighted by atomic mass is 9.87.